The molecular formula is C31H44N2O. The zero-order valence-electron chi connectivity index (χ0n) is 21.7. The van der Waals surface area contributed by atoms with Crippen LogP contribution in [-0.2, 0) is 6.42 Å². The normalized spacial score (nSPS) is 39.3. The Morgan fingerprint density at radius 2 is 1.82 bits per heavy atom. The Morgan fingerprint density at radius 1 is 0.941 bits per heavy atom. The summed E-state index contributed by atoms with van der Waals surface area (Å²) in [5.74, 6) is 6.81. The van der Waals surface area contributed by atoms with Crippen molar-refractivity contribution in [1.29, 1.82) is 0 Å². The van der Waals surface area contributed by atoms with Crippen molar-refractivity contribution in [3.8, 4) is 5.75 Å². The van der Waals surface area contributed by atoms with Crippen molar-refractivity contribution >= 4 is 10.9 Å². The molecule has 4 saturated carbocycles. The maximum Gasteiger partial charge on any atom is 0.129 e. The molecule has 7 atom stereocenters. The highest BCUT2D eigenvalue weighted by atomic mass is 16.5. The van der Waals surface area contributed by atoms with E-state index < -0.39 is 0 Å². The Kier molecular flexibility index (Phi) is 5.89. The highest BCUT2D eigenvalue weighted by Gasteiger charge is 2.59. The smallest absolute Gasteiger partial charge is 0.129 e. The van der Waals surface area contributed by atoms with Crippen LogP contribution in [0, 0.1) is 40.4 Å². The molecule has 4 aliphatic rings. The number of aryl methyl sites for hydroxylation is 1. The molecule has 0 amide bonds. The van der Waals surface area contributed by atoms with Crippen molar-refractivity contribution in [2.45, 2.75) is 97.3 Å². The molecule has 0 spiro atoms. The number of rotatable bonds is 5. The maximum atomic E-state index is 5.47. The van der Waals surface area contributed by atoms with Crippen LogP contribution in [0.1, 0.15) is 96.7 Å². The van der Waals surface area contributed by atoms with Gasteiger partial charge in [-0.3, -0.25) is 0 Å². The first-order valence-electron chi connectivity index (χ1n) is 14.3. The topological polar surface area (TPSA) is 35.0 Å². The van der Waals surface area contributed by atoms with E-state index >= 15 is 0 Å². The number of hydrogen-bond acceptors (Lipinski definition) is 3. The first kappa shape index (κ1) is 22.8. The van der Waals surface area contributed by atoms with E-state index in [1.54, 1.807) is 7.11 Å². The molecule has 0 radical (unpaired) electrons. The zero-order valence-corrected chi connectivity index (χ0v) is 21.7. The molecule has 3 heteroatoms. The van der Waals surface area contributed by atoms with E-state index in [4.69, 9.17) is 9.72 Å². The number of methoxy groups -OCH3 is 1. The Hall–Kier alpha value is -1.64. The lowest BCUT2D eigenvalue weighted by atomic mass is 9.45. The third-order valence-corrected chi connectivity index (χ3v) is 11.6. The van der Waals surface area contributed by atoms with Crippen molar-refractivity contribution in [2.24, 2.45) is 40.4 Å². The molecule has 2 aromatic rings. The average Bonchev–Trinajstić information content (AvgIpc) is 3.19. The largest absolute Gasteiger partial charge is 0.496 e. The molecule has 0 saturated heterocycles. The molecule has 1 aromatic carbocycles. The van der Waals surface area contributed by atoms with Gasteiger partial charge in [-0.05, 0) is 117 Å². The van der Waals surface area contributed by atoms with Gasteiger partial charge in [-0.1, -0.05) is 32.8 Å². The number of fused-ring (bicyclic) bond motifs is 6. The van der Waals surface area contributed by atoms with E-state index in [1.165, 1.54) is 77.0 Å². The Bertz CT molecular complexity index is 1040. The van der Waals surface area contributed by atoms with E-state index in [0.717, 1.165) is 58.5 Å². The fourth-order valence-electron chi connectivity index (χ4n) is 9.75. The first-order valence-corrected chi connectivity index (χ1v) is 14.3. The van der Waals surface area contributed by atoms with Crippen LogP contribution in [0.3, 0.4) is 0 Å². The fraction of sp³-hybridized carbons (Fsp3) is 0.742. The third kappa shape index (κ3) is 3.59. The van der Waals surface area contributed by atoms with Crippen molar-refractivity contribution in [1.82, 2.24) is 9.97 Å². The molecule has 4 fully saturated rings. The van der Waals surface area contributed by atoms with E-state index in [2.05, 4.69) is 24.9 Å². The summed E-state index contributed by atoms with van der Waals surface area (Å²) in [6.07, 6.45) is 20.6. The van der Waals surface area contributed by atoms with Gasteiger partial charge in [0.2, 0.25) is 0 Å². The van der Waals surface area contributed by atoms with E-state index in [-0.39, 0.29) is 0 Å². The average molecular weight is 461 g/mol. The minimum Gasteiger partial charge on any atom is -0.496 e. The molecule has 7 unspecified atom stereocenters. The summed E-state index contributed by atoms with van der Waals surface area (Å²) in [5.41, 5.74) is 2.25. The van der Waals surface area contributed by atoms with E-state index in [0.29, 0.717) is 10.8 Å². The molecule has 4 aliphatic carbocycles. The van der Waals surface area contributed by atoms with Crippen LogP contribution in [0.25, 0.3) is 10.9 Å². The van der Waals surface area contributed by atoms with Crippen LogP contribution < -0.4 is 4.74 Å². The summed E-state index contributed by atoms with van der Waals surface area (Å²) in [7, 11) is 1.72. The lowest BCUT2D eigenvalue weighted by Crippen LogP contribution is -2.52. The van der Waals surface area contributed by atoms with Crippen LogP contribution in [0.4, 0.5) is 0 Å². The predicted molar refractivity (Wildman–Crippen MR) is 139 cm³/mol. The Balaban J connectivity index is 1.11. The van der Waals surface area contributed by atoms with Crippen molar-refractivity contribution in [2.75, 3.05) is 7.11 Å². The minimum absolute atomic E-state index is 0.580. The summed E-state index contributed by atoms with van der Waals surface area (Å²) < 4.78 is 5.47. The Labute approximate surface area is 206 Å². The van der Waals surface area contributed by atoms with Gasteiger partial charge in [0.15, 0.2) is 0 Å². The summed E-state index contributed by atoms with van der Waals surface area (Å²) in [5, 5.41) is 1.01. The first-order chi connectivity index (χ1) is 16.5. The number of aromatic nitrogens is 2. The number of nitrogens with zero attached hydrogens (tertiary/aromatic N) is 2. The predicted octanol–water partition coefficient (Wildman–Crippen LogP) is 8.01. The van der Waals surface area contributed by atoms with Crippen LogP contribution in [0.2, 0.25) is 0 Å². The van der Waals surface area contributed by atoms with Crippen LogP contribution in [0.15, 0.2) is 24.4 Å². The summed E-state index contributed by atoms with van der Waals surface area (Å²) >= 11 is 0. The van der Waals surface area contributed by atoms with Gasteiger partial charge < -0.3 is 4.74 Å². The molecule has 1 aromatic heterocycles. The molecular weight excluding hydrogens is 416 g/mol. The highest BCUT2D eigenvalue weighted by Crippen LogP contribution is 2.67. The molecule has 3 nitrogen and oxygen atoms in total. The van der Waals surface area contributed by atoms with Crippen LogP contribution in [0.5, 0.6) is 5.75 Å². The van der Waals surface area contributed by atoms with Crippen molar-refractivity contribution in [3.63, 3.8) is 0 Å². The Morgan fingerprint density at radius 3 is 2.71 bits per heavy atom. The molecule has 1 heterocycles. The quantitative estimate of drug-likeness (QED) is 0.453. The molecule has 34 heavy (non-hydrogen) atoms. The van der Waals surface area contributed by atoms with Crippen LogP contribution >= 0.6 is 0 Å². The van der Waals surface area contributed by atoms with E-state index in [1.807, 2.05) is 18.3 Å². The van der Waals surface area contributed by atoms with Gasteiger partial charge in [0, 0.05) is 12.6 Å². The van der Waals surface area contributed by atoms with Crippen molar-refractivity contribution < 1.29 is 4.74 Å². The maximum absolute atomic E-state index is 5.47. The molecule has 184 valence electrons. The van der Waals surface area contributed by atoms with Crippen LogP contribution in [-0.4, -0.2) is 17.1 Å². The minimum atomic E-state index is 0.580. The second-order valence-electron chi connectivity index (χ2n) is 12.8. The fourth-order valence-corrected chi connectivity index (χ4v) is 9.75. The van der Waals surface area contributed by atoms with Gasteiger partial charge in [0.25, 0.3) is 0 Å². The number of benzene rings is 1. The SMILES string of the molecule is COc1cccc2nc(CCCC3CCC4C5CCC6CCCCC6(C)C5CCC34C)ncc12. The van der Waals surface area contributed by atoms with E-state index in [9.17, 15) is 0 Å². The zero-order chi connectivity index (χ0) is 23.3. The van der Waals surface area contributed by atoms with Gasteiger partial charge in [-0.25, -0.2) is 9.97 Å². The third-order valence-electron chi connectivity index (χ3n) is 11.6. The molecule has 0 bridgehead atoms. The van der Waals surface area contributed by atoms with Crippen molar-refractivity contribution in [3.05, 3.63) is 30.2 Å². The summed E-state index contributed by atoms with van der Waals surface area (Å²) in [6, 6.07) is 6.08. The second kappa shape index (κ2) is 8.79. The molecule has 6 rings (SSSR count). The number of hydrogen-bond donors (Lipinski definition) is 0. The monoisotopic (exact) mass is 460 g/mol. The molecule has 0 aliphatic heterocycles. The molecule has 0 N–H and O–H groups in total. The summed E-state index contributed by atoms with van der Waals surface area (Å²) in [6.45, 7) is 5.40. The summed E-state index contributed by atoms with van der Waals surface area (Å²) in [4.78, 5) is 9.54. The second-order valence-corrected chi connectivity index (χ2v) is 12.8. The van der Waals surface area contributed by atoms with Gasteiger partial charge in [0.05, 0.1) is 18.0 Å². The lowest BCUT2D eigenvalue weighted by Gasteiger charge is -2.60. The number of ether oxygens (including phenoxy) is 1. The standard InChI is InChI=1S/C31H44N2O/c1-30-18-5-4-8-21(30)13-15-23-25-16-14-22(31(25,2)19-17-26(23)30)9-6-12-29-32-20-24-27(33-29)10-7-11-28(24)34-3/h7,10-11,20-23,25-26H,4-6,8-9,12-19H2,1-3H3. The van der Waals surface area contributed by atoms with Gasteiger partial charge >= 0.3 is 0 Å². The highest BCUT2D eigenvalue weighted by molar-refractivity contribution is 5.84. The van der Waals surface area contributed by atoms with Gasteiger partial charge in [0.1, 0.15) is 11.6 Å². The van der Waals surface area contributed by atoms with Gasteiger partial charge in [-0.15, -0.1) is 0 Å². The van der Waals surface area contributed by atoms with Gasteiger partial charge in [-0.2, -0.15) is 0 Å². The lowest BCUT2D eigenvalue weighted by molar-refractivity contribution is -0.111.